The highest BCUT2D eigenvalue weighted by Crippen LogP contribution is 2.28. The molecule has 108 valence electrons. The number of amides is 1. The third kappa shape index (κ3) is 2.36. The molecule has 2 fully saturated rings. The molecule has 1 aromatic rings. The summed E-state index contributed by atoms with van der Waals surface area (Å²) in [6.45, 7) is 4.12. The molecule has 2 unspecified atom stereocenters. The SMILES string of the molecule is Cc1cc(NN)c(C(=O)NC2CCN3CCCC23)cn1. The summed E-state index contributed by atoms with van der Waals surface area (Å²) < 4.78 is 0. The van der Waals surface area contributed by atoms with Gasteiger partial charge in [0, 0.05) is 30.5 Å². The predicted molar refractivity (Wildman–Crippen MR) is 77.3 cm³/mol. The second kappa shape index (κ2) is 5.38. The molecule has 0 aliphatic carbocycles. The highest BCUT2D eigenvalue weighted by Gasteiger charge is 2.38. The number of nitrogens with two attached hydrogens (primary N) is 1. The Balaban J connectivity index is 1.73. The molecule has 2 aliphatic heterocycles. The van der Waals surface area contributed by atoms with Crippen LogP contribution in [0.4, 0.5) is 5.69 Å². The summed E-state index contributed by atoms with van der Waals surface area (Å²) in [5.74, 6) is 5.39. The molecule has 1 amide bonds. The highest BCUT2D eigenvalue weighted by atomic mass is 16.1. The van der Waals surface area contributed by atoms with Crippen LogP contribution in [0.1, 0.15) is 35.3 Å². The van der Waals surface area contributed by atoms with Gasteiger partial charge >= 0.3 is 0 Å². The first-order valence-corrected chi connectivity index (χ1v) is 7.17. The van der Waals surface area contributed by atoms with Gasteiger partial charge in [0.1, 0.15) is 0 Å². The van der Waals surface area contributed by atoms with Crippen molar-refractivity contribution in [3.05, 3.63) is 23.5 Å². The van der Waals surface area contributed by atoms with E-state index in [-0.39, 0.29) is 11.9 Å². The maximum atomic E-state index is 12.4. The zero-order valence-electron chi connectivity index (χ0n) is 11.7. The van der Waals surface area contributed by atoms with Crippen molar-refractivity contribution in [3.63, 3.8) is 0 Å². The maximum Gasteiger partial charge on any atom is 0.255 e. The molecule has 0 bridgehead atoms. The van der Waals surface area contributed by atoms with Crippen molar-refractivity contribution < 1.29 is 4.79 Å². The fraction of sp³-hybridized carbons (Fsp3) is 0.571. The van der Waals surface area contributed by atoms with Crippen LogP contribution < -0.4 is 16.6 Å². The Morgan fingerprint density at radius 2 is 2.30 bits per heavy atom. The van der Waals surface area contributed by atoms with Crippen molar-refractivity contribution in [1.29, 1.82) is 0 Å². The maximum absolute atomic E-state index is 12.4. The van der Waals surface area contributed by atoms with E-state index in [0.717, 1.165) is 18.7 Å². The second-order valence-electron chi connectivity index (χ2n) is 5.63. The smallest absolute Gasteiger partial charge is 0.255 e. The van der Waals surface area contributed by atoms with E-state index in [4.69, 9.17) is 5.84 Å². The Labute approximate surface area is 118 Å². The van der Waals surface area contributed by atoms with Gasteiger partial charge in [-0.15, -0.1) is 0 Å². The minimum Gasteiger partial charge on any atom is -0.348 e. The minimum absolute atomic E-state index is 0.0933. The zero-order chi connectivity index (χ0) is 14.1. The summed E-state index contributed by atoms with van der Waals surface area (Å²) in [5, 5.41) is 3.14. The molecule has 3 heterocycles. The van der Waals surface area contributed by atoms with E-state index in [0.29, 0.717) is 17.3 Å². The Hall–Kier alpha value is -1.66. The summed E-state index contributed by atoms with van der Waals surface area (Å²) in [4.78, 5) is 19.1. The van der Waals surface area contributed by atoms with E-state index < -0.39 is 0 Å². The average Bonchev–Trinajstić information content (AvgIpc) is 3.03. The molecule has 1 aromatic heterocycles. The fourth-order valence-electron chi connectivity index (χ4n) is 3.36. The number of nitrogens with zero attached hydrogens (tertiary/aromatic N) is 2. The molecular weight excluding hydrogens is 254 g/mol. The topological polar surface area (TPSA) is 83.3 Å². The predicted octanol–water partition coefficient (Wildman–Crippen LogP) is 0.642. The van der Waals surface area contributed by atoms with E-state index in [1.165, 1.54) is 19.4 Å². The van der Waals surface area contributed by atoms with Gasteiger partial charge in [-0.3, -0.25) is 20.5 Å². The average molecular weight is 275 g/mol. The molecule has 3 rings (SSSR count). The molecule has 2 saturated heterocycles. The highest BCUT2D eigenvalue weighted by molar-refractivity contribution is 5.99. The summed E-state index contributed by atoms with van der Waals surface area (Å²) >= 11 is 0. The molecule has 20 heavy (non-hydrogen) atoms. The Morgan fingerprint density at radius 1 is 1.45 bits per heavy atom. The number of anilines is 1. The van der Waals surface area contributed by atoms with Gasteiger partial charge in [-0.2, -0.15) is 0 Å². The van der Waals surface area contributed by atoms with Crippen molar-refractivity contribution in [3.8, 4) is 0 Å². The van der Waals surface area contributed by atoms with Gasteiger partial charge in [0.15, 0.2) is 0 Å². The number of pyridine rings is 1. The van der Waals surface area contributed by atoms with E-state index in [9.17, 15) is 4.79 Å². The van der Waals surface area contributed by atoms with Crippen LogP contribution in [-0.4, -0.2) is 41.0 Å². The molecule has 0 aromatic carbocycles. The zero-order valence-corrected chi connectivity index (χ0v) is 11.7. The number of nitrogens with one attached hydrogen (secondary N) is 2. The summed E-state index contributed by atoms with van der Waals surface area (Å²) in [6, 6.07) is 2.54. The van der Waals surface area contributed by atoms with Gasteiger partial charge in [-0.05, 0) is 38.8 Å². The lowest BCUT2D eigenvalue weighted by atomic mass is 10.1. The molecule has 6 heteroatoms. The number of hydrogen-bond donors (Lipinski definition) is 3. The van der Waals surface area contributed by atoms with Gasteiger partial charge in [-0.1, -0.05) is 0 Å². The number of aryl methyl sites for hydroxylation is 1. The monoisotopic (exact) mass is 275 g/mol. The molecule has 0 radical (unpaired) electrons. The van der Waals surface area contributed by atoms with E-state index in [1.54, 1.807) is 12.3 Å². The van der Waals surface area contributed by atoms with Crippen molar-refractivity contribution >= 4 is 11.6 Å². The molecule has 6 nitrogen and oxygen atoms in total. The largest absolute Gasteiger partial charge is 0.348 e. The number of carbonyl (C=O) groups excluding carboxylic acids is 1. The number of aromatic nitrogens is 1. The van der Waals surface area contributed by atoms with E-state index in [2.05, 4.69) is 20.6 Å². The number of rotatable bonds is 3. The first-order chi connectivity index (χ1) is 9.69. The first-order valence-electron chi connectivity index (χ1n) is 7.17. The van der Waals surface area contributed by atoms with Crippen LogP contribution in [0.25, 0.3) is 0 Å². The standard InChI is InChI=1S/C14H21N5O/c1-9-7-12(18-15)10(8-16-9)14(20)17-11-4-6-19-5-2-3-13(11)19/h7-8,11,13H,2-6,15H2,1H3,(H,16,18)(H,17,20). The molecule has 2 atom stereocenters. The number of hydrogen-bond acceptors (Lipinski definition) is 5. The number of fused-ring (bicyclic) bond motifs is 1. The van der Waals surface area contributed by atoms with E-state index in [1.807, 2.05) is 6.92 Å². The van der Waals surface area contributed by atoms with Gasteiger partial charge in [0.05, 0.1) is 11.3 Å². The van der Waals surface area contributed by atoms with Crippen LogP contribution in [0.3, 0.4) is 0 Å². The molecule has 4 N–H and O–H groups in total. The van der Waals surface area contributed by atoms with Crippen LogP contribution in [0, 0.1) is 6.92 Å². The lowest BCUT2D eigenvalue weighted by molar-refractivity contribution is 0.0930. The van der Waals surface area contributed by atoms with Gasteiger partial charge < -0.3 is 10.7 Å². The fourth-order valence-corrected chi connectivity index (χ4v) is 3.36. The quantitative estimate of drug-likeness (QED) is 0.557. The normalized spacial score (nSPS) is 25.5. The van der Waals surface area contributed by atoms with Crippen LogP contribution in [0.15, 0.2) is 12.3 Å². The Morgan fingerprint density at radius 3 is 3.10 bits per heavy atom. The van der Waals surface area contributed by atoms with Crippen molar-refractivity contribution in [2.24, 2.45) is 5.84 Å². The molecular formula is C14H21N5O. The van der Waals surface area contributed by atoms with Crippen molar-refractivity contribution in [2.75, 3.05) is 18.5 Å². The Bertz CT molecular complexity index is 518. The van der Waals surface area contributed by atoms with Crippen LogP contribution >= 0.6 is 0 Å². The minimum atomic E-state index is -0.0933. The first kappa shape index (κ1) is 13.3. The van der Waals surface area contributed by atoms with Gasteiger partial charge in [0.2, 0.25) is 0 Å². The summed E-state index contributed by atoms with van der Waals surface area (Å²) in [7, 11) is 0. The summed E-state index contributed by atoms with van der Waals surface area (Å²) in [6.07, 6.45) is 5.03. The van der Waals surface area contributed by atoms with Gasteiger partial charge in [-0.25, -0.2) is 0 Å². The van der Waals surface area contributed by atoms with Gasteiger partial charge in [0.25, 0.3) is 5.91 Å². The lowest BCUT2D eigenvalue weighted by Gasteiger charge is -2.21. The third-order valence-corrected chi connectivity index (χ3v) is 4.36. The third-order valence-electron chi connectivity index (χ3n) is 4.36. The van der Waals surface area contributed by atoms with Crippen LogP contribution in [0.5, 0.6) is 0 Å². The van der Waals surface area contributed by atoms with E-state index >= 15 is 0 Å². The van der Waals surface area contributed by atoms with Crippen LogP contribution in [-0.2, 0) is 0 Å². The molecule has 0 spiro atoms. The molecule has 0 saturated carbocycles. The lowest BCUT2D eigenvalue weighted by Crippen LogP contribution is -2.42. The molecule has 2 aliphatic rings. The Kier molecular flexibility index (Phi) is 3.58. The van der Waals surface area contributed by atoms with Crippen molar-refractivity contribution in [2.45, 2.75) is 38.3 Å². The second-order valence-corrected chi connectivity index (χ2v) is 5.63. The number of carbonyl (C=O) groups is 1. The van der Waals surface area contributed by atoms with Crippen molar-refractivity contribution in [1.82, 2.24) is 15.2 Å². The number of nitrogen functional groups attached to an aromatic ring is 1. The summed E-state index contributed by atoms with van der Waals surface area (Å²) in [5.41, 5.74) is 4.54. The van der Waals surface area contributed by atoms with Crippen LogP contribution in [0.2, 0.25) is 0 Å². The number of hydrazine groups is 1.